The van der Waals surface area contributed by atoms with Gasteiger partial charge in [-0.1, -0.05) is 35.5 Å². The van der Waals surface area contributed by atoms with Gasteiger partial charge in [-0.3, -0.25) is 9.36 Å². The van der Waals surface area contributed by atoms with Crippen LogP contribution in [0.15, 0.2) is 52.7 Å². The minimum Gasteiger partial charge on any atom is -0.477 e. The van der Waals surface area contributed by atoms with Crippen LogP contribution in [0.4, 0.5) is 0 Å². The van der Waals surface area contributed by atoms with Crippen LogP contribution in [0.1, 0.15) is 5.56 Å². The van der Waals surface area contributed by atoms with Crippen molar-refractivity contribution in [2.75, 3.05) is 7.11 Å². The lowest BCUT2D eigenvalue weighted by atomic mass is 10.2. The molecule has 1 aromatic carbocycles. The van der Waals surface area contributed by atoms with Crippen molar-refractivity contribution >= 4 is 5.84 Å². The number of benzene rings is 1. The Morgan fingerprint density at radius 1 is 1.39 bits per heavy atom. The van der Waals surface area contributed by atoms with Gasteiger partial charge < -0.3 is 9.94 Å². The molecular weight excluding hydrogens is 234 g/mol. The van der Waals surface area contributed by atoms with Crippen LogP contribution in [0.3, 0.4) is 0 Å². The lowest BCUT2D eigenvalue weighted by molar-refractivity contribution is 0.316. The molecule has 1 N–H and O–H groups in total. The molecule has 1 aromatic heterocycles. The summed E-state index contributed by atoms with van der Waals surface area (Å²) in [5, 5.41) is 12.2. The Bertz CT molecular complexity index is 620. The van der Waals surface area contributed by atoms with Crippen molar-refractivity contribution in [2.45, 2.75) is 0 Å². The minimum atomic E-state index is -0.489. The van der Waals surface area contributed by atoms with Crippen molar-refractivity contribution in [1.29, 1.82) is 0 Å². The summed E-state index contributed by atoms with van der Waals surface area (Å²) in [6, 6.07) is 8.85. The summed E-state index contributed by atoms with van der Waals surface area (Å²) in [4.78, 5) is 15.7. The van der Waals surface area contributed by atoms with Gasteiger partial charge in [0, 0.05) is 18.0 Å². The maximum Gasteiger partial charge on any atom is 0.319 e. The fourth-order valence-corrected chi connectivity index (χ4v) is 1.53. The maximum atomic E-state index is 12.0. The summed E-state index contributed by atoms with van der Waals surface area (Å²) in [6.45, 7) is 0. The molecule has 0 bridgehead atoms. The molecule has 6 nitrogen and oxygen atoms in total. The van der Waals surface area contributed by atoms with Crippen LogP contribution in [0.25, 0.3) is 0 Å². The predicted octanol–water partition coefficient (Wildman–Crippen LogP) is 0.936. The van der Waals surface area contributed by atoms with Gasteiger partial charge >= 0.3 is 5.56 Å². The molecule has 92 valence electrons. The third kappa shape index (κ3) is 2.08. The van der Waals surface area contributed by atoms with Crippen LogP contribution >= 0.6 is 0 Å². The van der Waals surface area contributed by atoms with Crippen LogP contribution in [0, 0.1) is 0 Å². The summed E-state index contributed by atoms with van der Waals surface area (Å²) in [7, 11) is 1.35. The Labute approximate surface area is 103 Å². The minimum absolute atomic E-state index is 0.0606. The Kier molecular flexibility index (Phi) is 3.38. The molecule has 0 unspecified atom stereocenters. The van der Waals surface area contributed by atoms with E-state index >= 15 is 0 Å². The molecule has 0 aliphatic rings. The number of ether oxygens (including phenoxy) is 1. The van der Waals surface area contributed by atoms with Crippen molar-refractivity contribution in [1.82, 2.24) is 9.55 Å². The summed E-state index contributed by atoms with van der Waals surface area (Å²) < 4.78 is 6.00. The van der Waals surface area contributed by atoms with Crippen molar-refractivity contribution in [3.8, 4) is 5.88 Å². The second kappa shape index (κ2) is 5.13. The normalized spacial score (nSPS) is 11.3. The zero-order valence-corrected chi connectivity index (χ0v) is 9.65. The Morgan fingerprint density at radius 3 is 2.72 bits per heavy atom. The van der Waals surface area contributed by atoms with E-state index in [4.69, 9.17) is 9.94 Å². The second-order valence-electron chi connectivity index (χ2n) is 3.40. The lowest BCUT2D eigenvalue weighted by Gasteiger charge is -2.08. The molecule has 0 saturated carbocycles. The maximum absolute atomic E-state index is 12.0. The van der Waals surface area contributed by atoms with Crippen LogP contribution in [0.5, 0.6) is 5.88 Å². The number of nitrogens with zero attached hydrogens (tertiary/aromatic N) is 3. The molecular formula is C12H11N3O3. The highest BCUT2D eigenvalue weighted by atomic mass is 16.5. The van der Waals surface area contributed by atoms with Crippen molar-refractivity contribution in [3.63, 3.8) is 0 Å². The fourth-order valence-electron chi connectivity index (χ4n) is 1.53. The van der Waals surface area contributed by atoms with E-state index in [2.05, 4.69) is 10.1 Å². The van der Waals surface area contributed by atoms with Gasteiger partial charge in [0.25, 0.3) is 5.88 Å². The smallest absolute Gasteiger partial charge is 0.319 e. The van der Waals surface area contributed by atoms with Crippen molar-refractivity contribution in [2.24, 2.45) is 5.16 Å². The Balaban J connectivity index is 2.58. The van der Waals surface area contributed by atoms with E-state index in [-0.39, 0.29) is 11.7 Å². The topological polar surface area (TPSA) is 76.7 Å². The van der Waals surface area contributed by atoms with E-state index in [1.807, 2.05) is 6.07 Å². The first kappa shape index (κ1) is 11.8. The van der Waals surface area contributed by atoms with Crippen LogP contribution < -0.4 is 10.3 Å². The number of hydrogen-bond acceptors (Lipinski definition) is 5. The van der Waals surface area contributed by atoms with Gasteiger partial charge in [-0.05, 0) is 0 Å². The first-order valence-corrected chi connectivity index (χ1v) is 5.17. The van der Waals surface area contributed by atoms with E-state index in [9.17, 15) is 4.79 Å². The second-order valence-corrected chi connectivity index (χ2v) is 3.40. The molecule has 18 heavy (non-hydrogen) atoms. The zero-order chi connectivity index (χ0) is 13.0. The van der Waals surface area contributed by atoms with Gasteiger partial charge in [0.05, 0.1) is 7.11 Å². The summed E-state index contributed by atoms with van der Waals surface area (Å²) >= 11 is 0. The first-order valence-electron chi connectivity index (χ1n) is 5.17. The molecule has 0 fully saturated rings. The van der Waals surface area contributed by atoms with E-state index in [0.29, 0.717) is 5.56 Å². The standard InChI is InChI=1S/C12H11N3O3/c1-18-11-12(16)15(8-7-13-11)10(14-17)9-5-3-2-4-6-9/h2-8,17H,1H3/b14-10+. The molecule has 1 heterocycles. The highest BCUT2D eigenvalue weighted by Gasteiger charge is 2.12. The van der Waals surface area contributed by atoms with Crippen molar-refractivity contribution < 1.29 is 9.94 Å². The van der Waals surface area contributed by atoms with Crippen LogP contribution in [-0.4, -0.2) is 27.7 Å². The number of methoxy groups -OCH3 is 1. The Hall–Kier alpha value is -2.63. The quantitative estimate of drug-likeness (QED) is 0.369. The third-order valence-corrected chi connectivity index (χ3v) is 2.36. The summed E-state index contributed by atoms with van der Waals surface area (Å²) in [5.74, 6) is 0.0517. The molecule has 0 radical (unpaired) electrons. The number of rotatable bonds is 2. The first-order chi connectivity index (χ1) is 8.77. The number of oxime groups is 1. The third-order valence-electron chi connectivity index (χ3n) is 2.36. The highest BCUT2D eigenvalue weighted by Crippen LogP contribution is 2.03. The van der Waals surface area contributed by atoms with Crippen molar-refractivity contribution in [3.05, 3.63) is 58.6 Å². The summed E-state index contributed by atoms with van der Waals surface area (Å²) in [5.41, 5.74) is 0.118. The largest absolute Gasteiger partial charge is 0.477 e. The molecule has 0 atom stereocenters. The summed E-state index contributed by atoms with van der Waals surface area (Å²) in [6.07, 6.45) is 2.81. The SMILES string of the molecule is COc1nccn(/C(=N/O)c2ccccc2)c1=O. The fraction of sp³-hybridized carbons (Fsp3) is 0.0833. The van der Waals surface area contributed by atoms with E-state index < -0.39 is 5.56 Å². The van der Waals surface area contributed by atoms with Gasteiger partial charge in [-0.2, -0.15) is 0 Å². The predicted molar refractivity (Wildman–Crippen MR) is 65.2 cm³/mol. The molecule has 0 aliphatic heterocycles. The highest BCUT2D eigenvalue weighted by molar-refractivity contribution is 5.99. The van der Waals surface area contributed by atoms with Crippen LogP contribution in [0.2, 0.25) is 0 Å². The molecule has 0 amide bonds. The molecule has 0 aliphatic carbocycles. The lowest BCUT2D eigenvalue weighted by Crippen LogP contribution is -2.28. The van der Waals surface area contributed by atoms with Gasteiger partial charge in [-0.15, -0.1) is 0 Å². The molecule has 0 saturated heterocycles. The van der Waals surface area contributed by atoms with E-state index in [1.54, 1.807) is 24.3 Å². The van der Waals surface area contributed by atoms with Gasteiger partial charge in [-0.25, -0.2) is 4.98 Å². The van der Waals surface area contributed by atoms with Gasteiger partial charge in [0.2, 0.25) is 0 Å². The van der Waals surface area contributed by atoms with Gasteiger partial charge in [0.1, 0.15) is 0 Å². The van der Waals surface area contributed by atoms with Gasteiger partial charge in [0.15, 0.2) is 5.84 Å². The molecule has 0 spiro atoms. The number of hydrogen-bond donors (Lipinski definition) is 1. The average molecular weight is 245 g/mol. The molecule has 6 heteroatoms. The number of aromatic nitrogens is 2. The molecule has 2 aromatic rings. The van der Waals surface area contributed by atoms with E-state index in [0.717, 1.165) is 0 Å². The van der Waals surface area contributed by atoms with Crippen LogP contribution in [-0.2, 0) is 0 Å². The Morgan fingerprint density at radius 2 is 2.11 bits per heavy atom. The zero-order valence-electron chi connectivity index (χ0n) is 9.65. The molecule has 2 rings (SSSR count). The average Bonchev–Trinajstić information content (AvgIpc) is 2.43. The van der Waals surface area contributed by atoms with E-state index in [1.165, 1.54) is 24.1 Å². The monoisotopic (exact) mass is 245 g/mol.